The molecule has 0 bridgehead atoms. The third-order valence-corrected chi connectivity index (χ3v) is 2.31. The number of hydrogen-bond acceptors (Lipinski definition) is 2. The maximum absolute atomic E-state index is 11.5. The minimum absolute atomic E-state index is 0.218. The number of unbranched alkanes of at least 4 members (excludes halogenated alkanes) is 1. The van der Waals surface area contributed by atoms with Gasteiger partial charge >= 0.3 is 6.03 Å². The molecule has 1 rings (SSSR count). The van der Waals surface area contributed by atoms with Gasteiger partial charge in [0.2, 0.25) is 0 Å². The number of carbonyl (C=O) groups excluding carboxylic acids is 1. The van der Waals surface area contributed by atoms with Crippen LogP contribution in [0.3, 0.4) is 0 Å². The second-order valence-electron chi connectivity index (χ2n) is 3.91. The first-order chi connectivity index (χ1) is 8.72. The first-order valence-electron chi connectivity index (χ1n) is 5.85. The van der Waals surface area contributed by atoms with E-state index in [-0.39, 0.29) is 6.03 Å². The Labute approximate surface area is 106 Å². The van der Waals surface area contributed by atoms with Gasteiger partial charge in [0.25, 0.3) is 0 Å². The standard InChI is InChI=1S/C12H17N5O/c1-10-5-4-6-11(9-10)16-12(18)14-7-2-3-8-15-17-13/h4-6,9H,2-3,7-8H2,1H3,(H2,14,16,18). The van der Waals surface area contributed by atoms with Crippen LogP contribution in [0.4, 0.5) is 10.5 Å². The fourth-order valence-corrected chi connectivity index (χ4v) is 1.45. The van der Waals surface area contributed by atoms with Crippen molar-refractivity contribution >= 4 is 11.7 Å². The highest BCUT2D eigenvalue weighted by atomic mass is 16.2. The van der Waals surface area contributed by atoms with Crippen molar-refractivity contribution < 1.29 is 4.79 Å². The smallest absolute Gasteiger partial charge is 0.319 e. The SMILES string of the molecule is Cc1cccc(NC(=O)NCCCCN=[N+]=[N-])c1. The van der Waals surface area contributed by atoms with Crippen molar-refractivity contribution in [2.75, 3.05) is 18.4 Å². The van der Waals surface area contributed by atoms with E-state index in [9.17, 15) is 4.79 Å². The Morgan fingerprint density at radius 3 is 3.00 bits per heavy atom. The molecule has 6 heteroatoms. The highest BCUT2D eigenvalue weighted by molar-refractivity contribution is 5.89. The molecule has 0 spiro atoms. The lowest BCUT2D eigenvalue weighted by Crippen LogP contribution is -2.29. The predicted molar refractivity (Wildman–Crippen MR) is 71.4 cm³/mol. The quantitative estimate of drug-likeness (QED) is 0.343. The summed E-state index contributed by atoms with van der Waals surface area (Å²) in [5, 5.41) is 8.91. The van der Waals surface area contributed by atoms with Crippen LogP contribution in [0.25, 0.3) is 10.4 Å². The average Bonchev–Trinajstić information content (AvgIpc) is 2.33. The Balaban J connectivity index is 2.19. The molecule has 2 amide bonds. The number of azide groups is 1. The van der Waals surface area contributed by atoms with Crippen molar-refractivity contribution in [3.05, 3.63) is 40.3 Å². The van der Waals surface area contributed by atoms with Crippen LogP contribution in [0.15, 0.2) is 29.4 Å². The largest absolute Gasteiger partial charge is 0.338 e. The van der Waals surface area contributed by atoms with Crippen LogP contribution in [0.5, 0.6) is 0 Å². The molecule has 0 unspecified atom stereocenters. The summed E-state index contributed by atoms with van der Waals surface area (Å²) in [7, 11) is 0. The lowest BCUT2D eigenvalue weighted by Gasteiger charge is -2.07. The molecule has 18 heavy (non-hydrogen) atoms. The summed E-state index contributed by atoms with van der Waals surface area (Å²) < 4.78 is 0. The summed E-state index contributed by atoms with van der Waals surface area (Å²) in [5.41, 5.74) is 9.95. The third kappa shape index (κ3) is 5.77. The maximum Gasteiger partial charge on any atom is 0.319 e. The summed E-state index contributed by atoms with van der Waals surface area (Å²) in [4.78, 5) is 14.2. The Kier molecular flexibility index (Phi) is 6.14. The number of nitrogens with one attached hydrogen (secondary N) is 2. The molecule has 96 valence electrons. The van der Waals surface area contributed by atoms with Crippen molar-refractivity contribution in [3.8, 4) is 0 Å². The maximum atomic E-state index is 11.5. The van der Waals surface area contributed by atoms with Gasteiger partial charge in [0.05, 0.1) is 0 Å². The fourth-order valence-electron chi connectivity index (χ4n) is 1.45. The van der Waals surface area contributed by atoms with E-state index >= 15 is 0 Å². The molecule has 0 fully saturated rings. The minimum Gasteiger partial charge on any atom is -0.338 e. The summed E-state index contributed by atoms with van der Waals surface area (Å²) >= 11 is 0. The molecule has 0 heterocycles. The molecule has 0 aromatic heterocycles. The lowest BCUT2D eigenvalue weighted by atomic mass is 10.2. The van der Waals surface area contributed by atoms with E-state index in [0.29, 0.717) is 13.1 Å². The molecule has 0 aliphatic rings. The van der Waals surface area contributed by atoms with Crippen LogP contribution >= 0.6 is 0 Å². The Bertz CT molecular complexity index is 440. The second kappa shape index (κ2) is 7.97. The van der Waals surface area contributed by atoms with E-state index in [1.54, 1.807) is 0 Å². The minimum atomic E-state index is -0.218. The Morgan fingerprint density at radius 1 is 1.44 bits per heavy atom. The van der Waals surface area contributed by atoms with Crippen molar-refractivity contribution in [2.24, 2.45) is 5.11 Å². The van der Waals surface area contributed by atoms with Gasteiger partial charge in [0, 0.05) is 23.7 Å². The first kappa shape index (κ1) is 13.9. The van der Waals surface area contributed by atoms with Gasteiger partial charge in [-0.15, -0.1) is 0 Å². The summed E-state index contributed by atoms with van der Waals surface area (Å²) in [6.45, 7) is 3.01. The zero-order chi connectivity index (χ0) is 13.2. The molecule has 1 aromatic rings. The molecule has 0 radical (unpaired) electrons. The van der Waals surface area contributed by atoms with Crippen LogP contribution in [0.2, 0.25) is 0 Å². The second-order valence-corrected chi connectivity index (χ2v) is 3.91. The fraction of sp³-hybridized carbons (Fsp3) is 0.417. The zero-order valence-electron chi connectivity index (χ0n) is 10.4. The van der Waals surface area contributed by atoms with Gasteiger partial charge in [0.1, 0.15) is 0 Å². The number of amides is 2. The molecule has 0 aliphatic heterocycles. The number of aryl methyl sites for hydroxylation is 1. The van der Waals surface area contributed by atoms with E-state index in [1.165, 1.54) is 0 Å². The molecule has 2 N–H and O–H groups in total. The number of carbonyl (C=O) groups is 1. The summed E-state index contributed by atoms with van der Waals surface area (Å²) in [6.07, 6.45) is 1.56. The van der Waals surface area contributed by atoms with E-state index in [1.807, 2.05) is 31.2 Å². The Hall–Kier alpha value is -2.20. The lowest BCUT2D eigenvalue weighted by molar-refractivity contribution is 0.252. The third-order valence-electron chi connectivity index (χ3n) is 2.31. The molecular formula is C12H17N5O. The van der Waals surface area contributed by atoms with Gasteiger partial charge in [0.15, 0.2) is 0 Å². The molecule has 6 nitrogen and oxygen atoms in total. The van der Waals surface area contributed by atoms with E-state index < -0.39 is 0 Å². The molecular weight excluding hydrogens is 230 g/mol. The van der Waals surface area contributed by atoms with Gasteiger partial charge in [-0.3, -0.25) is 0 Å². The monoisotopic (exact) mass is 247 g/mol. The van der Waals surface area contributed by atoms with Gasteiger partial charge in [-0.2, -0.15) is 0 Å². The van der Waals surface area contributed by atoms with E-state index in [0.717, 1.165) is 24.1 Å². The number of benzene rings is 1. The van der Waals surface area contributed by atoms with Crippen LogP contribution in [0, 0.1) is 6.92 Å². The summed E-state index contributed by atoms with van der Waals surface area (Å²) in [6, 6.07) is 7.39. The van der Waals surface area contributed by atoms with Crippen molar-refractivity contribution in [1.82, 2.24) is 5.32 Å². The first-order valence-corrected chi connectivity index (χ1v) is 5.85. The number of hydrogen-bond donors (Lipinski definition) is 2. The number of nitrogens with zero attached hydrogens (tertiary/aromatic N) is 3. The van der Waals surface area contributed by atoms with E-state index in [2.05, 4.69) is 20.7 Å². The predicted octanol–water partition coefficient (Wildman–Crippen LogP) is 3.21. The topological polar surface area (TPSA) is 89.9 Å². The molecule has 0 aliphatic carbocycles. The normalized spacial score (nSPS) is 9.39. The molecule has 0 saturated heterocycles. The van der Waals surface area contributed by atoms with Crippen molar-refractivity contribution in [2.45, 2.75) is 19.8 Å². The van der Waals surface area contributed by atoms with Crippen molar-refractivity contribution in [1.29, 1.82) is 0 Å². The van der Waals surface area contributed by atoms with Crippen LogP contribution in [-0.2, 0) is 0 Å². The van der Waals surface area contributed by atoms with Gasteiger partial charge < -0.3 is 10.6 Å². The highest BCUT2D eigenvalue weighted by Gasteiger charge is 2.00. The zero-order valence-corrected chi connectivity index (χ0v) is 10.4. The van der Waals surface area contributed by atoms with Gasteiger partial charge in [-0.25, -0.2) is 4.79 Å². The molecule has 0 saturated carbocycles. The molecule has 1 aromatic carbocycles. The van der Waals surface area contributed by atoms with Crippen LogP contribution < -0.4 is 10.6 Å². The van der Waals surface area contributed by atoms with Crippen LogP contribution in [0.1, 0.15) is 18.4 Å². The van der Waals surface area contributed by atoms with Crippen LogP contribution in [-0.4, -0.2) is 19.1 Å². The average molecular weight is 247 g/mol. The highest BCUT2D eigenvalue weighted by Crippen LogP contribution is 2.08. The Morgan fingerprint density at radius 2 is 2.28 bits per heavy atom. The summed E-state index contributed by atoms with van der Waals surface area (Å²) in [5.74, 6) is 0. The number of anilines is 1. The van der Waals surface area contributed by atoms with Gasteiger partial charge in [-0.1, -0.05) is 17.2 Å². The number of urea groups is 1. The van der Waals surface area contributed by atoms with E-state index in [4.69, 9.17) is 5.53 Å². The molecule has 0 atom stereocenters. The number of rotatable bonds is 6. The van der Waals surface area contributed by atoms with Gasteiger partial charge in [-0.05, 0) is 43.0 Å². The van der Waals surface area contributed by atoms with Crippen molar-refractivity contribution in [3.63, 3.8) is 0 Å².